The van der Waals surface area contributed by atoms with Crippen LogP contribution in [0.1, 0.15) is 16.3 Å². The van der Waals surface area contributed by atoms with Gasteiger partial charge in [-0.25, -0.2) is 9.78 Å². The van der Waals surface area contributed by atoms with Crippen molar-refractivity contribution in [3.05, 3.63) is 45.9 Å². The topological polar surface area (TPSA) is 83.6 Å². The number of hydrogen-bond donors (Lipinski definition) is 2. The van der Waals surface area contributed by atoms with Crippen LogP contribution in [0.3, 0.4) is 0 Å². The normalized spacial score (nSPS) is 16.2. The molecule has 144 valence electrons. The highest BCUT2D eigenvalue weighted by Gasteiger charge is 2.34. The molecule has 0 spiro atoms. The predicted molar refractivity (Wildman–Crippen MR) is 107 cm³/mol. The quantitative estimate of drug-likeness (QED) is 0.769. The van der Waals surface area contributed by atoms with Gasteiger partial charge in [0.05, 0.1) is 30.2 Å². The SMILES string of the molecule is COc1cccc(CNC(=O)N2CSC[C@@H]2C(=O)NCc2csc(C)n2)c1. The van der Waals surface area contributed by atoms with Gasteiger partial charge in [0.1, 0.15) is 11.8 Å². The summed E-state index contributed by atoms with van der Waals surface area (Å²) in [6.45, 7) is 2.69. The van der Waals surface area contributed by atoms with E-state index < -0.39 is 6.04 Å². The van der Waals surface area contributed by atoms with Gasteiger partial charge in [-0.2, -0.15) is 0 Å². The maximum absolute atomic E-state index is 12.5. The predicted octanol–water partition coefficient (Wildman–Crippen LogP) is 2.36. The van der Waals surface area contributed by atoms with Crippen molar-refractivity contribution < 1.29 is 14.3 Å². The third kappa shape index (κ3) is 5.14. The van der Waals surface area contributed by atoms with Gasteiger partial charge < -0.3 is 20.3 Å². The Morgan fingerprint density at radius 2 is 2.19 bits per heavy atom. The first-order valence-electron chi connectivity index (χ1n) is 8.50. The number of thioether (sulfide) groups is 1. The number of rotatable bonds is 6. The number of carbonyl (C=O) groups is 2. The van der Waals surface area contributed by atoms with Crippen molar-refractivity contribution in [2.24, 2.45) is 0 Å². The highest BCUT2D eigenvalue weighted by Crippen LogP contribution is 2.21. The van der Waals surface area contributed by atoms with Gasteiger partial charge in [0, 0.05) is 17.7 Å². The first-order valence-corrected chi connectivity index (χ1v) is 10.5. The smallest absolute Gasteiger partial charge is 0.319 e. The second kappa shape index (κ2) is 9.09. The van der Waals surface area contributed by atoms with Crippen LogP contribution in [0.4, 0.5) is 4.79 Å². The lowest BCUT2D eigenvalue weighted by molar-refractivity contribution is -0.124. The average molecular weight is 407 g/mol. The van der Waals surface area contributed by atoms with E-state index in [1.54, 1.807) is 35.1 Å². The Morgan fingerprint density at radius 1 is 1.33 bits per heavy atom. The van der Waals surface area contributed by atoms with E-state index in [2.05, 4.69) is 15.6 Å². The van der Waals surface area contributed by atoms with E-state index in [4.69, 9.17) is 4.74 Å². The molecule has 1 saturated heterocycles. The molecule has 2 aromatic rings. The van der Waals surface area contributed by atoms with E-state index in [0.29, 0.717) is 24.7 Å². The summed E-state index contributed by atoms with van der Waals surface area (Å²) < 4.78 is 5.19. The number of aryl methyl sites for hydroxylation is 1. The molecule has 1 aliphatic heterocycles. The van der Waals surface area contributed by atoms with Crippen molar-refractivity contribution in [2.75, 3.05) is 18.7 Å². The maximum atomic E-state index is 12.5. The molecule has 0 bridgehead atoms. The fourth-order valence-electron chi connectivity index (χ4n) is 2.71. The van der Waals surface area contributed by atoms with Crippen LogP contribution in [0.5, 0.6) is 5.75 Å². The monoisotopic (exact) mass is 406 g/mol. The molecule has 1 atom stereocenters. The lowest BCUT2D eigenvalue weighted by atomic mass is 10.2. The molecule has 3 rings (SSSR count). The van der Waals surface area contributed by atoms with Gasteiger partial charge >= 0.3 is 6.03 Å². The van der Waals surface area contributed by atoms with Crippen LogP contribution < -0.4 is 15.4 Å². The van der Waals surface area contributed by atoms with Crippen molar-refractivity contribution >= 4 is 35.0 Å². The van der Waals surface area contributed by atoms with Gasteiger partial charge in [-0.15, -0.1) is 23.1 Å². The molecule has 0 unspecified atom stereocenters. The summed E-state index contributed by atoms with van der Waals surface area (Å²) in [5.74, 6) is 1.68. The van der Waals surface area contributed by atoms with Gasteiger partial charge in [-0.05, 0) is 24.6 Å². The highest BCUT2D eigenvalue weighted by molar-refractivity contribution is 7.99. The molecule has 27 heavy (non-hydrogen) atoms. The minimum Gasteiger partial charge on any atom is -0.497 e. The number of carbonyl (C=O) groups excluding carboxylic acids is 2. The number of methoxy groups -OCH3 is 1. The van der Waals surface area contributed by atoms with E-state index in [1.165, 1.54) is 0 Å². The zero-order chi connectivity index (χ0) is 19.2. The number of ether oxygens (including phenoxy) is 1. The van der Waals surface area contributed by atoms with Crippen LogP contribution in [0.25, 0.3) is 0 Å². The molecule has 2 N–H and O–H groups in total. The van der Waals surface area contributed by atoms with Gasteiger partial charge in [-0.3, -0.25) is 4.79 Å². The summed E-state index contributed by atoms with van der Waals surface area (Å²) in [7, 11) is 1.61. The second-order valence-electron chi connectivity index (χ2n) is 6.07. The molecule has 3 amide bonds. The molecule has 1 fully saturated rings. The summed E-state index contributed by atoms with van der Waals surface area (Å²) in [5, 5.41) is 8.66. The zero-order valence-electron chi connectivity index (χ0n) is 15.2. The number of benzene rings is 1. The molecule has 7 nitrogen and oxygen atoms in total. The summed E-state index contributed by atoms with van der Waals surface area (Å²) in [6, 6.07) is 6.81. The van der Waals surface area contributed by atoms with Gasteiger partial charge in [0.15, 0.2) is 0 Å². The molecule has 1 aromatic carbocycles. The number of nitrogens with zero attached hydrogens (tertiary/aromatic N) is 2. The van der Waals surface area contributed by atoms with Crippen LogP contribution in [-0.4, -0.2) is 46.6 Å². The summed E-state index contributed by atoms with van der Waals surface area (Å²) in [4.78, 5) is 31.0. The lowest BCUT2D eigenvalue weighted by Gasteiger charge is -2.23. The molecule has 9 heteroatoms. The summed E-state index contributed by atoms with van der Waals surface area (Å²) >= 11 is 3.12. The molecular formula is C18H22N4O3S2. The Kier molecular flexibility index (Phi) is 6.57. The van der Waals surface area contributed by atoms with E-state index in [-0.39, 0.29) is 11.9 Å². The largest absolute Gasteiger partial charge is 0.497 e. The Labute approximate surface area is 166 Å². The standard InChI is InChI=1S/C18H22N4O3S2/c1-12-21-14(9-27-12)8-19-17(23)16-10-26-11-22(16)18(24)20-7-13-4-3-5-15(6-13)25-2/h3-6,9,16H,7-8,10-11H2,1-2H3,(H,19,23)(H,20,24)/t16-/m1/s1. The van der Waals surface area contributed by atoms with Gasteiger partial charge in [0.2, 0.25) is 5.91 Å². The number of amides is 3. The number of aromatic nitrogens is 1. The highest BCUT2D eigenvalue weighted by atomic mass is 32.2. The summed E-state index contributed by atoms with van der Waals surface area (Å²) in [5.41, 5.74) is 1.78. The Hall–Kier alpha value is -2.26. The summed E-state index contributed by atoms with van der Waals surface area (Å²) in [6.07, 6.45) is 0. The number of nitrogens with one attached hydrogen (secondary N) is 2. The number of thiazole rings is 1. The van der Waals surface area contributed by atoms with Crippen LogP contribution in [0, 0.1) is 6.92 Å². The number of urea groups is 1. The molecule has 0 aliphatic carbocycles. The van der Waals surface area contributed by atoms with Crippen LogP contribution in [-0.2, 0) is 17.9 Å². The minimum absolute atomic E-state index is 0.151. The van der Waals surface area contributed by atoms with E-state index in [1.807, 2.05) is 36.6 Å². The fourth-order valence-corrected chi connectivity index (χ4v) is 4.47. The van der Waals surface area contributed by atoms with Gasteiger partial charge in [0.25, 0.3) is 0 Å². The van der Waals surface area contributed by atoms with E-state index >= 15 is 0 Å². The van der Waals surface area contributed by atoms with Crippen LogP contribution in [0.15, 0.2) is 29.6 Å². The Bertz CT molecular complexity index is 811. The Balaban J connectivity index is 1.53. The minimum atomic E-state index is -0.472. The van der Waals surface area contributed by atoms with Crippen molar-refractivity contribution in [1.82, 2.24) is 20.5 Å². The third-order valence-electron chi connectivity index (χ3n) is 4.13. The first-order chi connectivity index (χ1) is 13.1. The van der Waals surface area contributed by atoms with Crippen LogP contribution in [0.2, 0.25) is 0 Å². The van der Waals surface area contributed by atoms with Crippen LogP contribution >= 0.6 is 23.1 Å². The van der Waals surface area contributed by atoms with Crippen molar-refractivity contribution in [2.45, 2.75) is 26.1 Å². The zero-order valence-corrected chi connectivity index (χ0v) is 16.9. The number of hydrogen-bond acceptors (Lipinski definition) is 6. The Morgan fingerprint density at radius 3 is 2.93 bits per heavy atom. The fraction of sp³-hybridized carbons (Fsp3) is 0.389. The average Bonchev–Trinajstić information content (AvgIpc) is 3.33. The molecular weight excluding hydrogens is 384 g/mol. The van der Waals surface area contributed by atoms with Gasteiger partial charge in [-0.1, -0.05) is 12.1 Å². The molecule has 1 aromatic heterocycles. The maximum Gasteiger partial charge on any atom is 0.319 e. The van der Waals surface area contributed by atoms with Crippen molar-refractivity contribution in [3.63, 3.8) is 0 Å². The second-order valence-corrected chi connectivity index (χ2v) is 8.13. The van der Waals surface area contributed by atoms with E-state index in [0.717, 1.165) is 22.0 Å². The molecule has 1 aliphatic rings. The van der Waals surface area contributed by atoms with Crippen molar-refractivity contribution in [3.8, 4) is 5.75 Å². The molecule has 0 saturated carbocycles. The third-order valence-corrected chi connectivity index (χ3v) is 5.97. The molecule has 2 heterocycles. The lowest BCUT2D eigenvalue weighted by Crippen LogP contribution is -2.50. The van der Waals surface area contributed by atoms with E-state index in [9.17, 15) is 9.59 Å². The van der Waals surface area contributed by atoms with Crippen molar-refractivity contribution in [1.29, 1.82) is 0 Å². The first kappa shape index (κ1) is 19.5. The molecule has 0 radical (unpaired) electrons.